The molecule has 0 spiro atoms. The molecule has 5 nitrogen and oxygen atoms in total. The number of hydrogen-bond donors (Lipinski definition) is 2. The first-order chi connectivity index (χ1) is 14.5. The molecule has 1 aliphatic rings. The van der Waals surface area contributed by atoms with E-state index in [1.807, 2.05) is 24.3 Å². The van der Waals surface area contributed by atoms with Crippen molar-refractivity contribution < 1.29 is 9.84 Å². The quantitative estimate of drug-likeness (QED) is 0.584. The summed E-state index contributed by atoms with van der Waals surface area (Å²) in [5.41, 5.74) is 5.64. The van der Waals surface area contributed by atoms with Gasteiger partial charge in [0.25, 0.3) is 0 Å². The molecule has 2 unspecified atom stereocenters. The van der Waals surface area contributed by atoms with E-state index in [0.717, 1.165) is 34.0 Å². The number of halogens is 1. The Hall–Kier alpha value is -2.63. The van der Waals surface area contributed by atoms with Gasteiger partial charge in [0.15, 0.2) is 0 Å². The number of methoxy groups -OCH3 is 1. The van der Waals surface area contributed by atoms with Crippen LogP contribution in [0.15, 0.2) is 42.5 Å². The first-order valence-electron chi connectivity index (χ1n) is 10.3. The number of benzene rings is 2. The van der Waals surface area contributed by atoms with E-state index in [2.05, 4.69) is 31.3 Å². The predicted molar refractivity (Wildman–Crippen MR) is 120 cm³/mol. The third kappa shape index (κ3) is 3.75. The highest BCUT2D eigenvalue weighted by Gasteiger charge is 2.31. The van der Waals surface area contributed by atoms with Crippen molar-refractivity contribution in [3.8, 4) is 17.0 Å². The number of aliphatic hydroxyl groups is 1. The fourth-order valence-electron chi connectivity index (χ4n) is 4.04. The van der Waals surface area contributed by atoms with Gasteiger partial charge in [-0.25, -0.2) is 9.97 Å². The number of aromatic nitrogens is 2. The topological polar surface area (TPSA) is 67.3 Å². The van der Waals surface area contributed by atoms with E-state index >= 15 is 0 Å². The SMILES string of the molecule is CCc1nc(-c2ccc(OC)cc2Cl)c(CC)nc1NC1c2ccccc2CC1O. The first-order valence-corrected chi connectivity index (χ1v) is 10.7. The van der Waals surface area contributed by atoms with E-state index < -0.39 is 6.10 Å². The zero-order valence-electron chi connectivity index (χ0n) is 17.4. The maximum atomic E-state index is 10.6. The largest absolute Gasteiger partial charge is 0.497 e. The summed E-state index contributed by atoms with van der Waals surface area (Å²) in [5, 5.41) is 14.7. The molecule has 1 aliphatic carbocycles. The number of nitrogens with one attached hydrogen (secondary N) is 1. The van der Waals surface area contributed by atoms with Crippen molar-refractivity contribution in [2.24, 2.45) is 0 Å². The van der Waals surface area contributed by atoms with Crippen molar-refractivity contribution in [2.75, 3.05) is 12.4 Å². The average Bonchev–Trinajstić information content (AvgIpc) is 3.08. The minimum absolute atomic E-state index is 0.194. The molecular formula is C24H26ClN3O2. The molecule has 0 bridgehead atoms. The Kier molecular flexibility index (Phi) is 5.93. The number of anilines is 1. The number of rotatable bonds is 6. The summed E-state index contributed by atoms with van der Waals surface area (Å²) in [4.78, 5) is 9.86. The lowest BCUT2D eigenvalue weighted by atomic mass is 10.1. The Morgan fingerprint density at radius 1 is 1.10 bits per heavy atom. The Balaban J connectivity index is 1.74. The van der Waals surface area contributed by atoms with Gasteiger partial charge < -0.3 is 15.2 Å². The number of fused-ring (bicyclic) bond motifs is 1. The Labute approximate surface area is 182 Å². The minimum Gasteiger partial charge on any atom is -0.497 e. The van der Waals surface area contributed by atoms with E-state index in [4.69, 9.17) is 26.3 Å². The Morgan fingerprint density at radius 2 is 1.87 bits per heavy atom. The number of nitrogens with zero attached hydrogens (tertiary/aromatic N) is 2. The van der Waals surface area contributed by atoms with Crippen LogP contribution >= 0.6 is 11.6 Å². The molecule has 2 atom stereocenters. The Morgan fingerprint density at radius 3 is 2.57 bits per heavy atom. The van der Waals surface area contributed by atoms with E-state index in [1.165, 1.54) is 5.56 Å². The molecule has 0 aliphatic heterocycles. The highest BCUT2D eigenvalue weighted by molar-refractivity contribution is 6.33. The highest BCUT2D eigenvalue weighted by atomic mass is 35.5. The molecule has 0 amide bonds. The molecule has 0 saturated carbocycles. The monoisotopic (exact) mass is 423 g/mol. The van der Waals surface area contributed by atoms with Gasteiger partial charge in [-0.2, -0.15) is 0 Å². The highest BCUT2D eigenvalue weighted by Crippen LogP contribution is 2.36. The van der Waals surface area contributed by atoms with Crippen LogP contribution < -0.4 is 10.1 Å². The minimum atomic E-state index is -0.491. The summed E-state index contributed by atoms with van der Waals surface area (Å²) in [6, 6.07) is 13.5. The van der Waals surface area contributed by atoms with Crippen molar-refractivity contribution in [1.29, 1.82) is 0 Å². The lowest BCUT2D eigenvalue weighted by molar-refractivity contribution is 0.165. The Bertz CT molecular complexity index is 1070. The van der Waals surface area contributed by atoms with E-state index in [-0.39, 0.29) is 6.04 Å². The molecule has 1 aromatic heterocycles. The molecule has 0 fully saturated rings. The molecule has 3 aromatic rings. The van der Waals surface area contributed by atoms with Crippen LogP contribution in [0, 0.1) is 0 Å². The average molecular weight is 424 g/mol. The van der Waals surface area contributed by atoms with Gasteiger partial charge in [0.1, 0.15) is 11.6 Å². The molecule has 30 heavy (non-hydrogen) atoms. The molecule has 1 heterocycles. The lowest BCUT2D eigenvalue weighted by Crippen LogP contribution is -2.23. The van der Waals surface area contributed by atoms with Crippen molar-refractivity contribution in [2.45, 2.75) is 45.3 Å². The van der Waals surface area contributed by atoms with Crippen LogP contribution in [0.2, 0.25) is 5.02 Å². The van der Waals surface area contributed by atoms with Crippen molar-refractivity contribution in [3.05, 3.63) is 70.0 Å². The van der Waals surface area contributed by atoms with Gasteiger partial charge in [0.2, 0.25) is 0 Å². The van der Waals surface area contributed by atoms with Gasteiger partial charge in [-0.3, -0.25) is 0 Å². The molecular weight excluding hydrogens is 398 g/mol. The summed E-state index contributed by atoms with van der Waals surface area (Å²) in [6.45, 7) is 4.11. The summed E-state index contributed by atoms with van der Waals surface area (Å²) >= 11 is 6.52. The second-order valence-electron chi connectivity index (χ2n) is 7.46. The van der Waals surface area contributed by atoms with Gasteiger partial charge in [-0.15, -0.1) is 0 Å². The molecule has 156 valence electrons. The van der Waals surface area contributed by atoms with E-state index in [9.17, 15) is 5.11 Å². The van der Waals surface area contributed by atoms with Crippen molar-refractivity contribution >= 4 is 17.4 Å². The smallest absolute Gasteiger partial charge is 0.148 e. The van der Waals surface area contributed by atoms with E-state index in [0.29, 0.717) is 30.0 Å². The third-order valence-corrected chi connectivity index (χ3v) is 5.95. The third-order valence-electron chi connectivity index (χ3n) is 5.64. The van der Waals surface area contributed by atoms with Gasteiger partial charge >= 0.3 is 0 Å². The zero-order valence-corrected chi connectivity index (χ0v) is 18.2. The normalized spacial score (nSPS) is 17.6. The molecule has 2 N–H and O–H groups in total. The number of ether oxygens (including phenoxy) is 1. The fraction of sp³-hybridized carbons (Fsp3) is 0.333. The lowest BCUT2D eigenvalue weighted by Gasteiger charge is -2.22. The standard InChI is InChI=1S/C24H26ClN3O2/c1-4-19-22(17-11-10-15(30-3)13-18(17)25)26-20(5-2)24(27-19)28-23-16-9-7-6-8-14(16)12-21(23)29/h6-11,13,21,23,29H,4-5,12H2,1-3H3,(H,27,28). The van der Waals surface area contributed by atoms with E-state index in [1.54, 1.807) is 13.2 Å². The van der Waals surface area contributed by atoms with Crippen LogP contribution in [0.5, 0.6) is 5.75 Å². The second kappa shape index (κ2) is 8.62. The summed E-state index contributed by atoms with van der Waals surface area (Å²) in [5.74, 6) is 1.43. The van der Waals surface area contributed by atoms with Crippen LogP contribution in [-0.4, -0.2) is 28.3 Å². The number of hydrogen-bond acceptors (Lipinski definition) is 5. The molecule has 0 saturated heterocycles. The summed E-state index contributed by atoms with van der Waals surface area (Å²) in [6.07, 6.45) is 1.58. The fourth-order valence-corrected chi connectivity index (χ4v) is 4.30. The van der Waals surface area contributed by atoms with Crippen molar-refractivity contribution in [1.82, 2.24) is 9.97 Å². The van der Waals surface area contributed by atoms with Crippen molar-refractivity contribution in [3.63, 3.8) is 0 Å². The summed E-state index contributed by atoms with van der Waals surface area (Å²) < 4.78 is 5.27. The zero-order chi connectivity index (χ0) is 21.3. The van der Waals surface area contributed by atoms with Crippen LogP contribution in [0.1, 0.15) is 42.4 Å². The molecule has 0 radical (unpaired) electrons. The van der Waals surface area contributed by atoms with Gasteiger partial charge in [0.05, 0.1) is 41.4 Å². The summed E-state index contributed by atoms with van der Waals surface area (Å²) in [7, 11) is 1.62. The second-order valence-corrected chi connectivity index (χ2v) is 7.87. The van der Waals surface area contributed by atoms with Crippen LogP contribution in [0.25, 0.3) is 11.3 Å². The van der Waals surface area contributed by atoms with Crippen LogP contribution in [0.3, 0.4) is 0 Å². The van der Waals surface area contributed by atoms with Gasteiger partial charge in [-0.05, 0) is 42.2 Å². The van der Waals surface area contributed by atoms with Gasteiger partial charge in [-0.1, -0.05) is 49.7 Å². The maximum absolute atomic E-state index is 10.6. The predicted octanol–water partition coefficient (Wildman–Crippen LogP) is 5.00. The molecule has 4 rings (SSSR count). The number of aliphatic hydroxyl groups excluding tert-OH is 1. The molecule has 6 heteroatoms. The van der Waals surface area contributed by atoms with Crippen LogP contribution in [-0.2, 0) is 19.3 Å². The van der Waals surface area contributed by atoms with Crippen LogP contribution in [0.4, 0.5) is 5.82 Å². The maximum Gasteiger partial charge on any atom is 0.148 e. The first kappa shape index (κ1) is 20.6. The van der Waals surface area contributed by atoms with Gasteiger partial charge in [0, 0.05) is 12.0 Å². The molecule has 2 aromatic carbocycles. The number of aryl methyl sites for hydroxylation is 2.